The van der Waals surface area contributed by atoms with E-state index in [9.17, 15) is 9.18 Å². The number of carbonyl (C=O) groups is 1. The highest BCUT2D eigenvalue weighted by molar-refractivity contribution is 8.20. The highest BCUT2D eigenvalue weighted by atomic mass is 32.3. The van der Waals surface area contributed by atoms with E-state index in [1.165, 1.54) is 0 Å². The Morgan fingerprint density at radius 2 is 2.36 bits per heavy atom. The number of rotatable bonds is 2. The molecule has 1 aliphatic rings. The van der Waals surface area contributed by atoms with Crippen LogP contribution >= 0.6 is 10.9 Å². The van der Waals surface area contributed by atoms with Gasteiger partial charge in [0.15, 0.2) is 6.10 Å². The maximum absolute atomic E-state index is 12.8. The standard InChI is InChI=1S/C6H11FO6S/c1-2-11-6(8)12-4-3-14(9,10)13-5(4)7/h4-5,9-10H,2-3H2,1H3. The Morgan fingerprint density at radius 1 is 1.71 bits per heavy atom. The van der Waals surface area contributed by atoms with Gasteiger partial charge in [-0.15, -0.1) is 0 Å². The minimum absolute atomic E-state index is 0.0968. The molecule has 0 aromatic rings. The topological polar surface area (TPSA) is 85.2 Å². The molecule has 2 atom stereocenters. The summed E-state index contributed by atoms with van der Waals surface area (Å²) in [6.45, 7) is 1.66. The molecule has 0 aromatic carbocycles. The fourth-order valence-electron chi connectivity index (χ4n) is 0.901. The first kappa shape index (κ1) is 11.5. The van der Waals surface area contributed by atoms with Crippen molar-refractivity contribution in [3.8, 4) is 0 Å². The molecule has 0 radical (unpaired) electrons. The van der Waals surface area contributed by atoms with Crippen LogP contribution in [0, 0.1) is 0 Å². The lowest BCUT2D eigenvalue weighted by atomic mass is 10.4. The van der Waals surface area contributed by atoms with Crippen molar-refractivity contribution in [1.29, 1.82) is 0 Å². The van der Waals surface area contributed by atoms with Crippen LogP contribution in [0.15, 0.2) is 0 Å². The third-order valence-corrected chi connectivity index (χ3v) is 2.68. The van der Waals surface area contributed by atoms with Crippen molar-refractivity contribution in [2.24, 2.45) is 0 Å². The van der Waals surface area contributed by atoms with Gasteiger partial charge in [-0.2, -0.15) is 0 Å². The Morgan fingerprint density at radius 3 is 2.79 bits per heavy atom. The van der Waals surface area contributed by atoms with Gasteiger partial charge in [0, 0.05) is 0 Å². The first-order valence-electron chi connectivity index (χ1n) is 3.86. The molecule has 1 fully saturated rings. The van der Waals surface area contributed by atoms with Crippen LogP contribution in [0.2, 0.25) is 0 Å². The minimum Gasteiger partial charge on any atom is -0.435 e. The van der Waals surface area contributed by atoms with Gasteiger partial charge in [0.2, 0.25) is 0 Å². The third kappa shape index (κ3) is 2.98. The zero-order valence-corrected chi connectivity index (χ0v) is 8.20. The van der Waals surface area contributed by atoms with E-state index in [0.29, 0.717) is 0 Å². The number of alkyl halides is 1. The largest absolute Gasteiger partial charge is 0.508 e. The van der Waals surface area contributed by atoms with Crippen molar-refractivity contribution < 1.29 is 31.9 Å². The van der Waals surface area contributed by atoms with Gasteiger partial charge in [0.1, 0.15) is 0 Å². The summed E-state index contributed by atoms with van der Waals surface area (Å²) >= 11 is 0. The van der Waals surface area contributed by atoms with Crippen molar-refractivity contribution >= 4 is 17.0 Å². The lowest BCUT2D eigenvalue weighted by Crippen LogP contribution is -2.26. The van der Waals surface area contributed by atoms with E-state index in [-0.39, 0.29) is 6.61 Å². The van der Waals surface area contributed by atoms with Crippen LogP contribution in [-0.4, -0.2) is 40.1 Å². The van der Waals surface area contributed by atoms with E-state index in [2.05, 4.69) is 13.7 Å². The van der Waals surface area contributed by atoms with Gasteiger partial charge in [-0.25, -0.2) is 9.18 Å². The second-order valence-electron chi connectivity index (χ2n) is 2.56. The average molecular weight is 230 g/mol. The molecule has 14 heavy (non-hydrogen) atoms. The SMILES string of the molecule is CCOC(=O)OC1CS(O)(O)OC1F. The van der Waals surface area contributed by atoms with Crippen LogP contribution in [0.3, 0.4) is 0 Å². The monoisotopic (exact) mass is 230 g/mol. The molecule has 6 nitrogen and oxygen atoms in total. The molecule has 1 rings (SSSR count). The van der Waals surface area contributed by atoms with E-state index in [1.54, 1.807) is 6.92 Å². The van der Waals surface area contributed by atoms with Crippen LogP contribution in [0.1, 0.15) is 6.92 Å². The second kappa shape index (κ2) is 4.30. The van der Waals surface area contributed by atoms with Crippen LogP contribution in [0.25, 0.3) is 0 Å². The molecule has 84 valence electrons. The van der Waals surface area contributed by atoms with E-state index < -0.39 is 35.2 Å². The van der Waals surface area contributed by atoms with Crippen LogP contribution in [-0.2, 0) is 13.7 Å². The average Bonchev–Trinajstić information content (AvgIpc) is 2.25. The molecule has 2 unspecified atom stereocenters. The summed E-state index contributed by atoms with van der Waals surface area (Å²) in [4.78, 5) is 10.7. The van der Waals surface area contributed by atoms with Crippen LogP contribution < -0.4 is 0 Å². The van der Waals surface area contributed by atoms with Gasteiger partial charge in [0.25, 0.3) is 6.36 Å². The summed E-state index contributed by atoms with van der Waals surface area (Å²) in [5.74, 6) is -0.465. The molecule has 0 aromatic heterocycles. The first-order valence-corrected chi connectivity index (χ1v) is 5.50. The Bertz CT molecular complexity index is 222. The summed E-state index contributed by atoms with van der Waals surface area (Å²) in [6.07, 6.45) is -4.40. The lowest BCUT2D eigenvalue weighted by molar-refractivity contribution is -0.0449. The Kier molecular flexibility index (Phi) is 3.53. The summed E-state index contributed by atoms with van der Waals surface area (Å²) in [5, 5.41) is 0. The van der Waals surface area contributed by atoms with Crippen LogP contribution in [0.5, 0.6) is 0 Å². The lowest BCUT2D eigenvalue weighted by Gasteiger charge is -2.16. The van der Waals surface area contributed by atoms with E-state index >= 15 is 0 Å². The molecule has 0 amide bonds. The normalized spacial score (nSPS) is 32.3. The molecule has 1 saturated heterocycles. The van der Waals surface area contributed by atoms with Gasteiger partial charge in [-0.1, -0.05) is 0 Å². The van der Waals surface area contributed by atoms with Gasteiger partial charge < -0.3 is 18.6 Å². The summed E-state index contributed by atoms with van der Waals surface area (Å²) in [5.41, 5.74) is 0. The second-order valence-corrected chi connectivity index (χ2v) is 4.30. The number of hydrogen-bond donors (Lipinski definition) is 2. The fourth-order valence-corrected chi connectivity index (χ4v) is 2.05. The molecule has 1 aliphatic heterocycles. The molecule has 0 spiro atoms. The van der Waals surface area contributed by atoms with Crippen molar-refractivity contribution in [3.63, 3.8) is 0 Å². The molecule has 0 aliphatic carbocycles. The third-order valence-electron chi connectivity index (χ3n) is 1.43. The molecule has 0 bridgehead atoms. The predicted molar refractivity (Wildman–Crippen MR) is 45.6 cm³/mol. The summed E-state index contributed by atoms with van der Waals surface area (Å²) in [6, 6.07) is 0. The van der Waals surface area contributed by atoms with E-state index in [4.69, 9.17) is 9.11 Å². The summed E-state index contributed by atoms with van der Waals surface area (Å²) in [7, 11) is -3.41. The van der Waals surface area contributed by atoms with Crippen molar-refractivity contribution in [2.45, 2.75) is 19.4 Å². The van der Waals surface area contributed by atoms with Gasteiger partial charge in [-0.05, 0) is 6.92 Å². The molecule has 2 N–H and O–H groups in total. The molecular weight excluding hydrogens is 219 g/mol. The number of halogens is 1. The molecule has 8 heteroatoms. The van der Waals surface area contributed by atoms with Gasteiger partial charge >= 0.3 is 6.16 Å². The molecular formula is C6H11FO6S. The minimum atomic E-state index is -3.41. The smallest absolute Gasteiger partial charge is 0.435 e. The highest BCUT2D eigenvalue weighted by Gasteiger charge is 2.44. The quantitative estimate of drug-likeness (QED) is 0.699. The maximum atomic E-state index is 12.8. The summed E-state index contributed by atoms with van der Waals surface area (Å²) < 4.78 is 43.6. The van der Waals surface area contributed by atoms with Gasteiger partial charge in [-0.3, -0.25) is 4.18 Å². The van der Waals surface area contributed by atoms with Crippen molar-refractivity contribution in [3.05, 3.63) is 0 Å². The van der Waals surface area contributed by atoms with Crippen molar-refractivity contribution in [1.82, 2.24) is 0 Å². The van der Waals surface area contributed by atoms with E-state index in [0.717, 1.165) is 0 Å². The van der Waals surface area contributed by atoms with E-state index in [1.807, 2.05) is 0 Å². The zero-order chi connectivity index (χ0) is 10.8. The predicted octanol–water partition coefficient (Wildman–Crippen LogP) is 1.52. The number of ether oxygens (including phenoxy) is 2. The molecule has 0 saturated carbocycles. The Balaban J connectivity index is 2.42. The Hall–Kier alpha value is -0.570. The van der Waals surface area contributed by atoms with Gasteiger partial charge in [0.05, 0.1) is 23.2 Å². The first-order chi connectivity index (χ1) is 6.44. The number of carbonyl (C=O) groups excluding carboxylic acids is 1. The maximum Gasteiger partial charge on any atom is 0.508 e. The molecule has 1 heterocycles. The Labute approximate surface area is 81.5 Å². The number of hydrogen-bond acceptors (Lipinski definition) is 6. The van der Waals surface area contributed by atoms with Crippen LogP contribution in [0.4, 0.5) is 9.18 Å². The fraction of sp³-hybridized carbons (Fsp3) is 0.833. The highest BCUT2D eigenvalue weighted by Crippen LogP contribution is 2.49. The zero-order valence-electron chi connectivity index (χ0n) is 7.38. The van der Waals surface area contributed by atoms with Crippen molar-refractivity contribution in [2.75, 3.05) is 12.4 Å².